The number of nitrogens with one attached hydrogen (secondary N) is 2. The van der Waals surface area contributed by atoms with Crippen LogP contribution in [-0.4, -0.2) is 56.2 Å². The van der Waals surface area contributed by atoms with E-state index in [0.717, 1.165) is 12.1 Å². The van der Waals surface area contributed by atoms with Gasteiger partial charge < -0.3 is 20.3 Å². The molecule has 3 heterocycles. The highest BCUT2D eigenvalue weighted by atomic mass is 19.4. The number of H-pyrrole nitrogens is 1. The van der Waals surface area contributed by atoms with Gasteiger partial charge in [0.05, 0.1) is 22.6 Å². The molecule has 1 saturated heterocycles. The fourth-order valence-corrected chi connectivity index (χ4v) is 3.78. The van der Waals surface area contributed by atoms with Crippen LogP contribution in [0.15, 0.2) is 36.5 Å². The van der Waals surface area contributed by atoms with E-state index < -0.39 is 17.8 Å². The van der Waals surface area contributed by atoms with Crippen LogP contribution in [0.25, 0.3) is 22.6 Å². The largest absolute Gasteiger partial charge is 0.465 e. The lowest BCUT2D eigenvalue weighted by molar-refractivity contribution is -0.137. The summed E-state index contributed by atoms with van der Waals surface area (Å²) in [4.78, 5) is 28.9. The number of halogens is 3. The summed E-state index contributed by atoms with van der Waals surface area (Å²) in [6, 6.07) is 6.66. The maximum absolute atomic E-state index is 13.3. The lowest BCUT2D eigenvalue weighted by atomic mass is 9.96. The Balaban J connectivity index is 1.77. The van der Waals surface area contributed by atoms with E-state index in [1.807, 2.05) is 0 Å². The normalized spacial score (nSPS) is 15.1. The van der Waals surface area contributed by atoms with Crippen LogP contribution in [0.3, 0.4) is 0 Å². The SMILES string of the molecule is CNc1nccc(-c2[nH]c(C3CCN(C(=O)O)CC3)nc2-c2cccc(C(F)(F)F)c2)n1. The number of imidazole rings is 1. The van der Waals surface area contributed by atoms with Gasteiger partial charge in [0.2, 0.25) is 5.95 Å². The van der Waals surface area contributed by atoms with Gasteiger partial charge >= 0.3 is 12.3 Å². The zero-order valence-electron chi connectivity index (χ0n) is 17.1. The maximum Gasteiger partial charge on any atom is 0.416 e. The molecule has 4 rings (SSSR count). The predicted octanol–water partition coefficient (Wildman–Crippen LogP) is 4.45. The first-order valence-corrected chi connectivity index (χ1v) is 10.0. The van der Waals surface area contributed by atoms with E-state index in [0.29, 0.717) is 60.3 Å². The number of anilines is 1. The first-order valence-electron chi connectivity index (χ1n) is 10.0. The van der Waals surface area contributed by atoms with Gasteiger partial charge in [-0.15, -0.1) is 0 Å². The third-order valence-electron chi connectivity index (χ3n) is 5.47. The van der Waals surface area contributed by atoms with Crippen LogP contribution in [0.4, 0.5) is 23.9 Å². The summed E-state index contributed by atoms with van der Waals surface area (Å²) in [5.41, 5.74) is 0.869. The van der Waals surface area contributed by atoms with Crippen molar-refractivity contribution >= 4 is 12.0 Å². The molecule has 1 aromatic carbocycles. The number of nitrogens with zero attached hydrogens (tertiary/aromatic N) is 4. The van der Waals surface area contributed by atoms with E-state index in [-0.39, 0.29) is 5.92 Å². The van der Waals surface area contributed by atoms with E-state index >= 15 is 0 Å². The zero-order chi connectivity index (χ0) is 22.9. The minimum atomic E-state index is -4.48. The lowest BCUT2D eigenvalue weighted by Crippen LogP contribution is -2.37. The summed E-state index contributed by atoms with van der Waals surface area (Å²) < 4.78 is 39.9. The van der Waals surface area contributed by atoms with Crippen molar-refractivity contribution in [2.75, 3.05) is 25.5 Å². The van der Waals surface area contributed by atoms with Gasteiger partial charge in [0, 0.05) is 37.8 Å². The third kappa shape index (κ3) is 4.36. The Kier molecular flexibility index (Phi) is 5.72. The average Bonchev–Trinajstić information content (AvgIpc) is 3.24. The topological polar surface area (TPSA) is 107 Å². The molecule has 0 atom stereocenters. The van der Waals surface area contributed by atoms with E-state index in [2.05, 4.69) is 25.3 Å². The summed E-state index contributed by atoms with van der Waals surface area (Å²) in [6.07, 6.45) is -2.77. The molecule has 2 aromatic heterocycles. The molecule has 3 aromatic rings. The highest BCUT2D eigenvalue weighted by Gasteiger charge is 2.32. The molecule has 11 heteroatoms. The summed E-state index contributed by atoms with van der Waals surface area (Å²) in [5, 5.41) is 12.0. The molecule has 0 bridgehead atoms. The minimum Gasteiger partial charge on any atom is -0.465 e. The molecule has 8 nitrogen and oxygen atoms in total. The first kappa shape index (κ1) is 21.6. The average molecular weight is 446 g/mol. The number of hydrogen-bond donors (Lipinski definition) is 3. The molecule has 32 heavy (non-hydrogen) atoms. The molecule has 1 aliphatic rings. The fraction of sp³-hybridized carbons (Fsp3) is 0.333. The molecule has 1 fully saturated rings. The monoisotopic (exact) mass is 446 g/mol. The molecular formula is C21H21F3N6O2. The van der Waals surface area contributed by atoms with Gasteiger partial charge in [-0.05, 0) is 31.0 Å². The Morgan fingerprint density at radius 1 is 1.22 bits per heavy atom. The summed E-state index contributed by atoms with van der Waals surface area (Å²) in [6.45, 7) is 0.735. The number of likely N-dealkylation sites (tertiary alicyclic amines) is 1. The van der Waals surface area contributed by atoms with Crippen LogP contribution < -0.4 is 5.32 Å². The number of piperidine rings is 1. The smallest absolute Gasteiger partial charge is 0.416 e. The second-order valence-electron chi connectivity index (χ2n) is 7.48. The Labute approximate surface area is 181 Å². The van der Waals surface area contributed by atoms with E-state index in [1.165, 1.54) is 11.0 Å². The van der Waals surface area contributed by atoms with Crippen molar-refractivity contribution in [3.05, 3.63) is 47.9 Å². The van der Waals surface area contributed by atoms with Crippen molar-refractivity contribution in [3.63, 3.8) is 0 Å². The Hall–Kier alpha value is -3.63. The van der Waals surface area contributed by atoms with Crippen molar-refractivity contribution in [1.82, 2.24) is 24.8 Å². The molecule has 0 aliphatic carbocycles. The number of carboxylic acid groups (broad SMARTS) is 1. The van der Waals surface area contributed by atoms with Gasteiger partial charge in [0.1, 0.15) is 5.82 Å². The molecule has 0 radical (unpaired) electrons. The Morgan fingerprint density at radius 2 is 1.97 bits per heavy atom. The van der Waals surface area contributed by atoms with Crippen molar-refractivity contribution in [1.29, 1.82) is 0 Å². The van der Waals surface area contributed by atoms with Crippen LogP contribution in [0.5, 0.6) is 0 Å². The molecule has 168 valence electrons. The number of benzene rings is 1. The first-order chi connectivity index (χ1) is 15.3. The maximum atomic E-state index is 13.3. The molecule has 0 unspecified atom stereocenters. The number of rotatable bonds is 4. The van der Waals surface area contributed by atoms with Crippen molar-refractivity contribution in [3.8, 4) is 22.6 Å². The molecule has 0 spiro atoms. The van der Waals surface area contributed by atoms with Gasteiger partial charge in [-0.2, -0.15) is 13.2 Å². The zero-order valence-corrected chi connectivity index (χ0v) is 17.1. The van der Waals surface area contributed by atoms with Gasteiger partial charge in [-0.1, -0.05) is 12.1 Å². The van der Waals surface area contributed by atoms with Crippen molar-refractivity contribution in [2.24, 2.45) is 0 Å². The number of hydrogen-bond acceptors (Lipinski definition) is 5. The van der Waals surface area contributed by atoms with Gasteiger partial charge in [-0.25, -0.2) is 19.7 Å². The molecule has 0 saturated carbocycles. The quantitative estimate of drug-likeness (QED) is 0.547. The highest BCUT2D eigenvalue weighted by molar-refractivity contribution is 5.77. The standard InChI is InChI=1S/C21H21F3N6O2/c1-25-19-26-8-5-15(27-19)17-16(13-3-2-4-14(11-13)21(22,23)24)28-18(29-17)12-6-9-30(10-7-12)20(31)32/h2-5,8,11-12H,6-7,9-10H2,1H3,(H,28,29)(H,31,32)(H,25,26,27). The van der Waals surface area contributed by atoms with Crippen LogP contribution in [-0.2, 0) is 6.18 Å². The number of aromatic nitrogens is 4. The van der Waals surface area contributed by atoms with Gasteiger partial charge in [0.15, 0.2) is 0 Å². The lowest BCUT2D eigenvalue weighted by Gasteiger charge is -2.28. The van der Waals surface area contributed by atoms with Gasteiger partial charge in [0.25, 0.3) is 0 Å². The number of amides is 1. The molecule has 3 N–H and O–H groups in total. The Morgan fingerprint density at radius 3 is 2.62 bits per heavy atom. The van der Waals surface area contributed by atoms with Gasteiger partial charge in [-0.3, -0.25) is 0 Å². The van der Waals surface area contributed by atoms with E-state index in [4.69, 9.17) is 0 Å². The fourth-order valence-electron chi connectivity index (χ4n) is 3.78. The van der Waals surface area contributed by atoms with E-state index in [1.54, 1.807) is 25.4 Å². The summed E-state index contributed by atoms with van der Waals surface area (Å²) in [7, 11) is 1.67. The Bertz CT molecular complexity index is 1120. The van der Waals surface area contributed by atoms with E-state index in [9.17, 15) is 23.1 Å². The van der Waals surface area contributed by atoms with Crippen LogP contribution in [0, 0.1) is 0 Å². The number of alkyl halides is 3. The van der Waals surface area contributed by atoms with Crippen molar-refractivity contribution in [2.45, 2.75) is 24.9 Å². The summed E-state index contributed by atoms with van der Waals surface area (Å²) >= 11 is 0. The predicted molar refractivity (Wildman–Crippen MR) is 111 cm³/mol. The van der Waals surface area contributed by atoms with Crippen LogP contribution in [0.1, 0.15) is 30.1 Å². The number of aromatic amines is 1. The molecule has 1 aliphatic heterocycles. The molecule has 1 amide bonds. The number of carbonyl (C=O) groups is 1. The molecular weight excluding hydrogens is 425 g/mol. The van der Waals surface area contributed by atoms with Crippen LogP contribution in [0.2, 0.25) is 0 Å². The third-order valence-corrected chi connectivity index (χ3v) is 5.47. The van der Waals surface area contributed by atoms with Crippen LogP contribution >= 0.6 is 0 Å². The van der Waals surface area contributed by atoms with Crippen molar-refractivity contribution < 1.29 is 23.1 Å². The highest BCUT2D eigenvalue weighted by Crippen LogP contribution is 2.37. The second kappa shape index (κ2) is 8.48. The minimum absolute atomic E-state index is 0.0468. The summed E-state index contributed by atoms with van der Waals surface area (Å²) in [5.74, 6) is 0.917. The second-order valence-corrected chi connectivity index (χ2v) is 7.48.